The third-order valence-corrected chi connectivity index (χ3v) is 4.42. The molecule has 0 saturated carbocycles. The lowest BCUT2D eigenvalue weighted by Crippen LogP contribution is -2.37. The van der Waals surface area contributed by atoms with E-state index in [1.54, 1.807) is 0 Å². The number of halogens is 3. The summed E-state index contributed by atoms with van der Waals surface area (Å²) in [5, 5.41) is 3.60. The summed E-state index contributed by atoms with van der Waals surface area (Å²) in [4.78, 5) is 12.2. The van der Waals surface area contributed by atoms with Crippen molar-refractivity contribution in [2.75, 3.05) is 5.33 Å². The van der Waals surface area contributed by atoms with Gasteiger partial charge in [-0.1, -0.05) is 46.3 Å². The molecule has 0 aliphatic rings. The second-order valence-corrected chi connectivity index (χ2v) is 6.15. The molecule has 2 rings (SSSR count). The average molecular weight is 415 g/mol. The van der Waals surface area contributed by atoms with Crippen LogP contribution in [0.3, 0.4) is 0 Å². The van der Waals surface area contributed by atoms with Crippen LogP contribution in [-0.2, 0) is 6.42 Å². The number of carbonyl (C=O) groups excluding carboxylic acids is 1. The molecule has 0 spiro atoms. The van der Waals surface area contributed by atoms with E-state index in [1.807, 2.05) is 30.3 Å². The van der Waals surface area contributed by atoms with E-state index < -0.39 is 0 Å². The van der Waals surface area contributed by atoms with Crippen LogP contribution in [0, 0.1) is 5.82 Å². The maximum absolute atomic E-state index is 13.2. The van der Waals surface area contributed by atoms with Gasteiger partial charge in [-0.05, 0) is 46.1 Å². The Labute approximate surface area is 140 Å². The van der Waals surface area contributed by atoms with E-state index in [0.717, 1.165) is 12.0 Å². The molecular weight excluding hydrogens is 401 g/mol. The van der Waals surface area contributed by atoms with Crippen LogP contribution >= 0.6 is 31.9 Å². The fourth-order valence-electron chi connectivity index (χ4n) is 1.95. The molecule has 21 heavy (non-hydrogen) atoms. The van der Waals surface area contributed by atoms with Gasteiger partial charge in [-0.25, -0.2) is 4.39 Å². The Hall–Kier alpha value is -1.20. The third-order valence-electron chi connectivity index (χ3n) is 3.03. The first-order valence-electron chi connectivity index (χ1n) is 6.46. The molecule has 110 valence electrons. The van der Waals surface area contributed by atoms with E-state index in [1.165, 1.54) is 18.2 Å². The van der Waals surface area contributed by atoms with E-state index in [2.05, 4.69) is 37.2 Å². The molecular formula is C16H14Br2FNO. The summed E-state index contributed by atoms with van der Waals surface area (Å²) in [6.07, 6.45) is 0.736. The van der Waals surface area contributed by atoms with Crippen molar-refractivity contribution in [3.63, 3.8) is 0 Å². The van der Waals surface area contributed by atoms with Gasteiger partial charge in [0, 0.05) is 16.9 Å². The number of benzene rings is 2. The lowest BCUT2D eigenvalue weighted by Gasteiger charge is -2.16. The van der Waals surface area contributed by atoms with E-state index in [9.17, 15) is 9.18 Å². The van der Waals surface area contributed by atoms with Crippen LogP contribution in [0.2, 0.25) is 0 Å². The molecule has 0 heterocycles. The van der Waals surface area contributed by atoms with Gasteiger partial charge >= 0.3 is 0 Å². The molecule has 1 N–H and O–H groups in total. The van der Waals surface area contributed by atoms with E-state index in [-0.39, 0.29) is 22.2 Å². The summed E-state index contributed by atoms with van der Waals surface area (Å²) in [6, 6.07) is 14.2. The van der Waals surface area contributed by atoms with Crippen molar-refractivity contribution < 1.29 is 9.18 Å². The number of alkyl halides is 1. The standard InChI is InChI=1S/C16H14Br2FNO/c17-10-13(8-11-4-2-1-3-5-11)20-16(21)12-6-7-15(19)14(18)9-12/h1-7,9,13H,8,10H2,(H,20,21). The van der Waals surface area contributed by atoms with Gasteiger partial charge < -0.3 is 5.32 Å². The molecule has 0 fully saturated rings. The first kappa shape index (κ1) is 16.2. The van der Waals surface area contributed by atoms with Gasteiger partial charge in [-0.2, -0.15) is 0 Å². The van der Waals surface area contributed by atoms with Crippen LogP contribution in [0.5, 0.6) is 0 Å². The lowest BCUT2D eigenvalue weighted by atomic mass is 10.1. The monoisotopic (exact) mass is 413 g/mol. The summed E-state index contributed by atoms with van der Waals surface area (Å²) < 4.78 is 13.5. The second-order valence-electron chi connectivity index (χ2n) is 4.64. The van der Waals surface area contributed by atoms with Gasteiger partial charge in [0.25, 0.3) is 5.91 Å². The van der Waals surface area contributed by atoms with Crippen molar-refractivity contribution in [3.05, 3.63) is 69.9 Å². The van der Waals surface area contributed by atoms with Crippen LogP contribution in [0.1, 0.15) is 15.9 Å². The van der Waals surface area contributed by atoms with Gasteiger partial charge in [-0.3, -0.25) is 4.79 Å². The first-order chi connectivity index (χ1) is 10.1. The lowest BCUT2D eigenvalue weighted by molar-refractivity contribution is 0.0941. The van der Waals surface area contributed by atoms with Crippen molar-refractivity contribution in [3.8, 4) is 0 Å². The predicted molar refractivity (Wildman–Crippen MR) is 89.3 cm³/mol. The Morgan fingerprint density at radius 1 is 1.19 bits per heavy atom. The number of hydrogen-bond donors (Lipinski definition) is 1. The molecule has 0 saturated heterocycles. The molecule has 1 atom stereocenters. The molecule has 0 bridgehead atoms. The highest BCUT2D eigenvalue weighted by molar-refractivity contribution is 9.10. The van der Waals surface area contributed by atoms with Crippen molar-refractivity contribution in [1.29, 1.82) is 0 Å². The molecule has 0 aliphatic carbocycles. The zero-order valence-corrected chi connectivity index (χ0v) is 14.3. The predicted octanol–water partition coefficient (Wildman–Crippen LogP) is 4.32. The summed E-state index contributed by atoms with van der Waals surface area (Å²) >= 11 is 6.50. The van der Waals surface area contributed by atoms with Crippen LogP contribution < -0.4 is 5.32 Å². The summed E-state index contributed by atoms with van der Waals surface area (Å²) in [5.74, 6) is -0.594. The Morgan fingerprint density at radius 2 is 1.90 bits per heavy atom. The quantitative estimate of drug-likeness (QED) is 0.725. The van der Waals surface area contributed by atoms with Gasteiger partial charge in [0.1, 0.15) is 5.82 Å². The summed E-state index contributed by atoms with van der Waals surface area (Å²) in [6.45, 7) is 0. The van der Waals surface area contributed by atoms with Gasteiger partial charge in [0.05, 0.1) is 4.47 Å². The molecule has 0 aliphatic heterocycles. The van der Waals surface area contributed by atoms with Gasteiger partial charge in [-0.15, -0.1) is 0 Å². The molecule has 1 unspecified atom stereocenters. The highest BCUT2D eigenvalue weighted by Gasteiger charge is 2.14. The Balaban J connectivity index is 2.04. The van der Waals surface area contributed by atoms with Crippen molar-refractivity contribution in [2.24, 2.45) is 0 Å². The normalized spacial score (nSPS) is 12.0. The maximum atomic E-state index is 13.2. The zero-order chi connectivity index (χ0) is 15.2. The Kier molecular flexibility index (Phi) is 5.94. The highest BCUT2D eigenvalue weighted by atomic mass is 79.9. The molecule has 0 radical (unpaired) electrons. The number of hydrogen-bond acceptors (Lipinski definition) is 1. The van der Waals surface area contributed by atoms with E-state index in [0.29, 0.717) is 10.9 Å². The summed E-state index contributed by atoms with van der Waals surface area (Å²) in [7, 11) is 0. The smallest absolute Gasteiger partial charge is 0.251 e. The topological polar surface area (TPSA) is 29.1 Å². The molecule has 2 aromatic carbocycles. The molecule has 2 aromatic rings. The number of carbonyl (C=O) groups is 1. The van der Waals surface area contributed by atoms with Crippen LogP contribution in [0.25, 0.3) is 0 Å². The van der Waals surface area contributed by atoms with E-state index in [4.69, 9.17) is 0 Å². The minimum absolute atomic E-state index is 0.0243. The highest BCUT2D eigenvalue weighted by Crippen LogP contribution is 2.17. The largest absolute Gasteiger partial charge is 0.348 e. The minimum atomic E-state index is -0.382. The van der Waals surface area contributed by atoms with Crippen LogP contribution in [0.15, 0.2) is 53.0 Å². The van der Waals surface area contributed by atoms with Crippen LogP contribution in [-0.4, -0.2) is 17.3 Å². The van der Waals surface area contributed by atoms with Crippen molar-refractivity contribution in [1.82, 2.24) is 5.32 Å². The molecule has 1 amide bonds. The fourth-order valence-corrected chi connectivity index (χ4v) is 2.72. The number of rotatable bonds is 5. The summed E-state index contributed by atoms with van der Waals surface area (Å²) in [5.41, 5.74) is 1.59. The molecule has 0 aromatic heterocycles. The van der Waals surface area contributed by atoms with Gasteiger partial charge in [0.15, 0.2) is 0 Å². The average Bonchev–Trinajstić information content (AvgIpc) is 2.50. The SMILES string of the molecule is O=C(NC(CBr)Cc1ccccc1)c1ccc(F)c(Br)c1. The molecule has 5 heteroatoms. The Bertz CT molecular complexity index is 619. The third kappa shape index (κ3) is 4.64. The second kappa shape index (κ2) is 7.71. The van der Waals surface area contributed by atoms with Crippen LogP contribution in [0.4, 0.5) is 4.39 Å². The fraction of sp³-hybridized carbons (Fsp3) is 0.188. The minimum Gasteiger partial charge on any atom is -0.348 e. The first-order valence-corrected chi connectivity index (χ1v) is 8.37. The molecule has 2 nitrogen and oxygen atoms in total. The Morgan fingerprint density at radius 3 is 2.52 bits per heavy atom. The maximum Gasteiger partial charge on any atom is 0.251 e. The van der Waals surface area contributed by atoms with Crippen molar-refractivity contribution >= 4 is 37.8 Å². The van der Waals surface area contributed by atoms with Gasteiger partial charge in [0.2, 0.25) is 0 Å². The number of amides is 1. The number of nitrogens with one attached hydrogen (secondary N) is 1. The van der Waals surface area contributed by atoms with E-state index >= 15 is 0 Å². The zero-order valence-electron chi connectivity index (χ0n) is 11.2. The van der Waals surface area contributed by atoms with Crippen molar-refractivity contribution in [2.45, 2.75) is 12.5 Å².